The lowest BCUT2D eigenvalue weighted by molar-refractivity contribution is 0.0176. The van der Waals surface area contributed by atoms with E-state index in [1.54, 1.807) is 16.8 Å². The zero-order chi connectivity index (χ0) is 17.3. The Morgan fingerprint density at radius 2 is 2.21 bits per heavy atom. The van der Waals surface area contributed by atoms with Gasteiger partial charge in [-0.3, -0.25) is 0 Å². The molecule has 7 heteroatoms. The van der Waals surface area contributed by atoms with Crippen molar-refractivity contribution in [1.82, 2.24) is 15.0 Å². The molecule has 0 saturated carbocycles. The lowest BCUT2D eigenvalue weighted by Crippen LogP contribution is -2.46. The van der Waals surface area contributed by atoms with Crippen LogP contribution >= 0.6 is 11.6 Å². The summed E-state index contributed by atoms with van der Waals surface area (Å²) in [5.74, 6) is 0. The smallest absolute Gasteiger partial charge is 0.127 e. The number of hydrogen-bond donors (Lipinski definition) is 1. The van der Waals surface area contributed by atoms with Gasteiger partial charge in [0, 0.05) is 18.3 Å². The highest BCUT2D eigenvalue weighted by Gasteiger charge is 2.38. The molecule has 0 radical (unpaired) electrons. The van der Waals surface area contributed by atoms with E-state index in [-0.39, 0.29) is 6.04 Å². The topological polar surface area (TPSA) is 78.0 Å². The Hall–Kier alpha value is -2.10. The van der Waals surface area contributed by atoms with E-state index in [1.165, 1.54) is 0 Å². The van der Waals surface area contributed by atoms with E-state index >= 15 is 0 Å². The minimum Gasteiger partial charge on any atom is -0.382 e. The Balaban J connectivity index is 1.85. The molecule has 0 bridgehead atoms. The normalized spacial score (nSPS) is 21.1. The second kappa shape index (κ2) is 6.42. The molecule has 1 atom stereocenters. The van der Waals surface area contributed by atoms with Crippen molar-refractivity contribution in [3.63, 3.8) is 0 Å². The number of rotatable bonds is 3. The highest BCUT2D eigenvalue weighted by Crippen LogP contribution is 2.34. The number of β-amino-alcohol motifs (C(OH)–C–C–N with tert-alkyl or cyclic N) is 1. The first-order valence-electron chi connectivity index (χ1n) is 8.02. The summed E-state index contributed by atoms with van der Waals surface area (Å²) >= 11 is 6.14. The van der Waals surface area contributed by atoms with Gasteiger partial charge in [0.1, 0.15) is 17.4 Å². The average Bonchev–Trinajstić information content (AvgIpc) is 3.06. The van der Waals surface area contributed by atoms with Gasteiger partial charge in [-0.1, -0.05) is 16.8 Å². The predicted molar refractivity (Wildman–Crippen MR) is 91.9 cm³/mol. The van der Waals surface area contributed by atoms with Crippen LogP contribution in [0, 0.1) is 11.3 Å². The standard InChI is InChI=1S/C17H20ClN5O/c1-12(2)23-10-16(20-21-23)17(24)6-3-7-22(11-17)14-5-4-13(9-19)15(18)8-14/h4-5,8,10,12,24H,3,6-7,11H2,1-2H3/t17-/m1/s1. The number of aromatic nitrogens is 3. The van der Waals surface area contributed by atoms with Crippen molar-refractivity contribution in [2.45, 2.75) is 38.3 Å². The van der Waals surface area contributed by atoms with E-state index in [9.17, 15) is 5.11 Å². The SMILES string of the molecule is CC(C)n1cc([C@@]2(O)CCCN(c3ccc(C#N)c(Cl)c3)C2)nn1. The Morgan fingerprint density at radius 1 is 1.42 bits per heavy atom. The van der Waals surface area contributed by atoms with E-state index in [2.05, 4.69) is 21.3 Å². The van der Waals surface area contributed by atoms with Gasteiger partial charge >= 0.3 is 0 Å². The Bertz CT molecular complexity index is 782. The van der Waals surface area contributed by atoms with Crippen molar-refractivity contribution in [2.24, 2.45) is 0 Å². The maximum atomic E-state index is 11.1. The highest BCUT2D eigenvalue weighted by molar-refractivity contribution is 6.32. The number of piperidine rings is 1. The van der Waals surface area contributed by atoms with Crippen molar-refractivity contribution in [3.05, 3.63) is 40.7 Å². The molecule has 1 N–H and O–H groups in total. The first-order chi connectivity index (χ1) is 11.4. The second-order valence-electron chi connectivity index (χ2n) is 6.51. The first-order valence-corrected chi connectivity index (χ1v) is 8.40. The van der Waals surface area contributed by atoms with Crippen LogP contribution in [0.4, 0.5) is 5.69 Å². The van der Waals surface area contributed by atoms with Crippen molar-refractivity contribution in [2.75, 3.05) is 18.0 Å². The van der Waals surface area contributed by atoms with Gasteiger partial charge in [-0.15, -0.1) is 5.10 Å². The van der Waals surface area contributed by atoms with Crippen LogP contribution in [0.5, 0.6) is 0 Å². The Kier molecular flexibility index (Phi) is 4.48. The summed E-state index contributed by atoms with van der Waals surface area (Å²) in [6.07, 6.45) is 3.30. The van der Waals surface area contributed by atoms with E-state index in [4.69, 9.17) is 16.9 Å². The zero-order valence-electron chi connectivity index (χ0n) is 13.8. The van der Waals surface area contributed by atoms with Gasteiger partial charge in [0.15, 0.2) is 0 Å². The van der Waals surface area contributed by atoms with Crippen LogP contribution < -0.4 is 4.90 Å². The first kappa shape index (κ1) is 16.7. The molecular formula is C17H20ClN5O. The van der Waals surface area contributed by atoms with Gasteiger partial charge in [0.25, 0.3) is 0 Å². The second-order valence-corrected chi connectivity index (χ2v) is 6.92. The molecule has 24 heavy (non-hydrogen) atoms. The van der Waals surface area contributed by atoms with Crippen LogP contribution in [-0.4, -0.2) is 33.2 Å². The van der Waals surface area contributed by atoms with Crippen LogP contribution in [0.2, 0.25) is 5.02 Å². The largest absolute Gasteiger partial charge is 0.382 e. The molecule has 0 unspecified atom stereocenters. The highest BCUT2D eigenvalue weighted by atomic mass is 35.5. The summed E-state index contributed by atoms with van der Waals surface area (Å²) in [6.45, 7) is 5.29. The third kappa shape index (κ3) is 3.10. The van der Waals surface area contributed by atoms with Gasteiger partial charge in [0.05, 0.1) is 23.3 Å². The minimum absolute atomic E-state index is 0.201. The molecular weight excluding hydrogens is 326 g/mol. The van der Waals surface area contributed by atoms with Crippen LogP contribution in [0.1, 0.15) is 44.0 Å². The Labute approximate surface area is 146 Å². The van der Waals surface area contributed by atoms with Gasteiger partial charge in [-0.2, -0.15) is 5.26 Å². The molecule has 1 aromatic heterocycles. The summed E-state index contributed by atoms with van der Waals surface area (Å²) in [5, 5.41) is 28.8. The van der Waals surface area contributed by atoms with Gasteiger partial charge in [0.2, 0.25) is 0 Å². The molecule has 1 aliphatic rings. The molecule has 1 aromatic carbocycles. The summed E-state index contributed by atoms with van der Waals surface area (Å²) < 4.78 is 1.75. The van der Waals surface area contributed by atoms with Crippen molar-refractivity contribution >= 4 is 17.3 Å². The van der Waals surface area contributed by atoms with Gasteiger partial charge in [-0.05, 0) is 44.9 Å². The number of nitrogens with zero attached hydrogens (tertiary/aromatic N) is 5. The van der Waals surface area contributed by atoms with E-state index < -0.39 is 5.60 Å². The molecule has 0 spiro atoms. The number of nitriles is 1. The number of halogens is 1. The fourth-order valence-electron chi connectivity index (χ4n) is 3.00. The number of hydrogen-bond acceptors (Lipinski definition) is 5. The molecule has 1 fully saturated rings. The molecule has 3 rings (SSSR count). The van der Waals surface area contributed by atoms with Crippen LogP contribution in [-0.2, 0) is 5.60 Å². The van der Waals surface area contributed by atoms with Crippen molar-refractivity contribution in [3.8, 4) is 6.07 Å². The molecule has 2 aromatic rings. The average molecular weight is 346 g/mol. The van der Waals surface area contributed by atoms with E-state index in [1.807, 2.05) is 26.1 Å². The Morgan fingerprint density at radius 3 is 2.83 bits per heavy atom. The van der Waals surface area contributed by atoms with Crippen molar-refractivity contribution < 1.29 is 5.11 Å². The van der Waals surface area contributed by atoms with E-state index in [0.29, 0.717) is 29.2 Å². The molecule has 0 aliphatic carbocycles. The summed E-state index contributed by atoms with van der Waals surface area (Å²) in [7, 11) is 0. The lowest BCUT2D eigenvalue weighted by Gasteiger charge is -2.39. The van der Waals surface area contributed by atoms with Crippen LogP contribution in [0.3, 0.4) is 0 Å². The molecule has 1 saturated heterocycles. The maximum absolute atomic E-state index is 11.1. The summed E-state index contributed by atoms with van der Waals surface area (Å²) in [6, 6.07) is 7.61. The van der Waals surface area contributed by atoms with E-state index in [0.717, 1.165) is 18.7 Å². The molecule has 1 aliphatic heterocycles. The minimum atomic E-state index is -1.04. The van der Waals surface area contributed by atoms with Crippen molar-refractivity contribution in [1.29, 1.82) is 5.26 Å². The molecule has 0 amide bonds. The quantitative estimate of drug-likeness (QED) is 0.925. The fourth-order valence-corrected chi connectivity index (χ4v) is 3.22. The molecule has 2 heterocycles. The predicted octanol–water partition coefficient (Wildman–Crippen LogP) is 2.87. The van der Waals surface area contributed by atoms with Crippen LogP contribution in [0.15, 0.2) is 24.4 Å². The summed E-state index contributed by atoms with van der Waals surface area (Å²) in [5.41, 5.74) is 0.910. The van der Waals surface area contributed by atoms with Crippen LogP contribution in [0.25, 0.3) is 0 Å². The maximum Gasteiger partial charge on any atom is 0.127 e. The lowest BCUT2D eigenvalue weighted by atomic mass is 9.89. The molecule has 6 nitrogen and oxygen atoms in total. The third-order valence-corrected chi connectivity index (χ3v) is 4.74. The molecule has 126 valence electrons. The third-order valence-electron chi connectivity index (χ3n) is 4.43. The summed E-state index contributed by atoms with van der Waals surface area (Å²) in [4.78, 5) is 2.07. The van der Waals surface area contributed by atoms with Gasteiger partial charge in [-0.25, -0.2) is 4.68 Å². The number of aliphatic hydroxyl groups is 1. The van der Waals surface area contributed by atoms with Gasteiger partial charge < -0.3 is 10.0 Å². The zero-order valence-corrected chi connectivity index (χ0v) is 14.5. The number of benzene rings is 1. The monoisotopic (exact) mass is 345 g/mol. The fraction of sp³-hybridized carbons (Fsp3) is 0.471. The number of anilines is 1.